The molecule has 0 unspecified atom stereocenters. The van der Waals surface area contributed by atoms with Crippen molar-refractivity contribution in [1.29, 1.82) is 0 Å². The third-order valence-corrected chi connectivity index (χ3v) is 2.38. The summed E-state index contributed by atoms with van der Waals surface area (Å²) in [7, 11) is 3.82. The summed E-state index contributed by atoms with van der Waals surface area (Å²) < 4.78 is 5.04. The van der Waals surface area contributed by atoms with Crippen LogP contribution in [0.15, 0.2) is 18.3 Å². The van der Waals surface area contributed by atoms with Crippen LogP contribution in [0.1, 0.15) is 13.3 Å². The van der Waals surface area contributed by atoms with Gasteiger partial charge in [0.05, 0.1) is 0 Å². The molecule has 16 heavy (non-hydrogen) atoms. The van der Waals surface area contributed by atoms with E-state index in [-0.39, 0.29) is 0 Å². The Bertz CT molecular complexity index is 304. The molecule has 0 fully saturated rings. The number of pyridine rings is 1. The number of nitrogens with one attached hydrogen (secondary N) is 1. The van der Waals surface area contributed by atoms with Gasteiger partial charge in [0.2, 0.25) is 0 Å². The maximum Gasteiger partial charge on any atom is 0.127 e. The van der Waals surface area contributed by atoms with E-state index in [1.165, 1.54) is 5.69 Å². The zero-order valence-electron chi connectivity index (χ0n) is 10.4. The largest absolute Gasteiger partial charge is 0.385 e. The monoisotopic (exact) mass is 223 g/mol. The van der Waals surface area contributed by atoms with E-state index in [4.69, 9.17) is 4.74 Å². The minimum absolute atomic E-state index is 0.801. The molecule has 0 aromatic carbocycles. The number of methoxy groups -OCH3 is 1. The first-order valence-corrected chi connectivity index (χ1v) is 5.68. The highest BCUT2D eigenvalue weighted by Crippen LogP contribution is 2.15. The van der Waals surface area contributed by atoms with Gasteiger partial charge in [-0.25, -0.2) is 4.98 Å². The van der Waals surface area contributed by atoms with Crippen molar-refractivity contribution in [1.82, 2.24) is 4.98 Å². The number of hydrogen-bond donors (Lipinski definition) is 1. The van der Waals surface area contributed by atoms with Gasteiger partial charge in [-0.3, -0.25) is 0 Å². The first-order chi connectivity index (χ1) is 7.77. The number of aromatic nitrogens is 1. The summed E-state index contributed by atoms with van der Waals surface area (Å²) in [6.07, 6.45) is 2.87. The smallest absolute Gasteiger partial charge is 0.127 e. The zero-order valence-corrected chi connectivity index (χ0v) is 10.4. The molecule has 0 aliphatic rings. The van der Waals surface area contributed by atoms with E-state index in [0.29, 0.717) is 0 Å². The van der Waals surface area contributed by atoms with Gasteiger partial charge in [0.25, 0.3) is 0 Å². The Labute approximate surface area is 97.6 Å². The molecule has 0 bridgehead atoms. The molecule has 1 rings (SSSR count). The van der Waals surface area contributed by atoms with Gasteiger partial charge in [0.15, 0.2) is 0 Å². The van der Waals surface area contributed by atoms with Crippen LogP contribution in [-0.2, 0) is 4.74 Å². The van der Waals surface area contributed by atoms with E-state index < -0.39 is 0 Å². The van der Waals surface area contributed by atoms with Crippen molar-refractivity contribution in [2.75, 3.05) is 44.1 Å². The number of anilines is 2. The molecular weight excluding hydrogens is 202 g/mol. The maximum absolute atomic E-state index is 5.04. The van der Waals surface area contributed by atoms with Gasteiger partial charge in [-0.05, 0) is 19.4 Å². The van der Waals surface area contributed by atoms with Gasteiger partial charge in [0, 0.05) is 51.8 Å². The van der Waals surface area contributed by atoms with Crippen LogP contribution in [0.3, 0.4) is 0 Å². The van der Waals surface area contributed by atoms with E-state index in [2.05, 4.69) is 35.2 Å². The highest BCUT2D eigenvalue weighted by molar-refractivity contribution is 5.53. The lowest BCUT2D eigenvalue weighted by Crippen LogP contribution is -2.19. The Kier molecular flexibility index (Phi) is 5.64. The molecule has 0 spiro atoms. The summed E-state index contributed by atoms with van der Waals surface area (Å²) in [6, 6.07) is 4.09. The van der Waals surface area contributed by atoms with Gasteiger partial charge in [-0.1, -0.05) is 0 Å². The summed E-state index contributed by atoms with van der Waals surface area (Å²) in [6.45, 7) is 4.75. The molecule has 1 aromatic heterocycles. The van der Waals surface area contributed by atoms with Crippen molar-refractivity contribution >= 4 is 11.5 Å². The summed E-state index contributed by atoms with van der Waals surface area (Å²) in [4.78, 5) is 6.46. The number of rotatable bonds is 7. The van der Waals surface area contributed by atoms with Crippen molar-refractivity contribution in [2.45, 2.75) is 13.3 Å². The highest BCUT2D eigenvalue weighted by atomic mass is 16.5. The fraction of sp³-hybridized carbons (Fsp3) is 0.583. The van der Waals surface area contributed by atoms with Crippen molar-refractivity contribution in [3.8, 4) is 0 Å². The minimum Gasteiger partial charge on any atom is -0.385 e. The Morgan fingerprint density at radius 1 is 1.50 bits per heavy atom. The number of hydrogen-bond acceptors (Lipinski definition) is 4. The molecular formula is C12H21N3O. The van der Waals surface area contributed by atoms with Crippen LogP contribution >= 0.6 is 0 Å². The van der Waals surface area contributed by atoms with E-state index >= 15 is 0 Å². The molecule has 0 aliphatic carbocycles. The molecule has 0 saturated heterocycles. The van der Waals surface area contributed by atoms with Gasteiger partial charge in [0.1, 0.15) is 5.82 Å². The second-order valence-electron chi connectivity index (χ2n) is 3.70. The normalized spacial score (nSPS) is 10.2. The van der Waals surface area contributed by atoms with Crippen LogP contribution in [-0.4, -0.2) is 38.8 Å². The second kappa shape index (κ2) is 7.06. The van der Waals surface area contributed by atoms with Crippen molar-refractivity contribution < 1.29 is 4.74 Å². The number of ether oxygens (including phenoxy) is 1. The molecule has 0 atom stereocenters. The summed E-state index contributed by atoms with van der Waals surface area (Å²) in [5, 5.41) is 3.21. The quantitative estimate of drug-likeness (QED) is 0.717. The summed E-state index contributed by atoms with van der Waals surface area (Å²) in [5.74, 6) is 0.929. The van der Waals surface area contributed by atoms with E-state index in [9.17, 15) is 0 Å². The topological polar surface area (TPSA) is 37.4 Å². The molecule has 4 nitrogen and oxygen atoms in total. The van der Waals surface area contributed by atoms with Crippen LogP contribution in [0.2, 0.25) is 0 Å². The summed E-state index contributed by atoms with van der Waals surface area (Å²) >= 11 is 0. The van der Waals surface area contributed by atoms with Gasteiger partial charge < -0.3 is 15.0 Å². The molecule has 0 amide bonds. The minimum atomic E-state index is 0.801. The van der Waals surface area contributed by atoms with Gasteiger partial charge >= 0.3 is 0 Å². The second-order valence-corrected chi connectivity index (χ2v) is 3.70. The van der Waals surface area contributed by atoms with Gasteiger partial charge in [-0.2, -0.15) is 0 Å². The first kappa shape index (κ1) is 12.8. The van der Waals surface area contributed by atoms with Crippen LogP contribution in [0.4, 0.5) is 11.5 Å². The zero-order chi connectivity index (χ0) is 11.8. The molecule has 1 aromatic rings. The Balaban J connectivity index is 2.53. The number of nitrogens with zero attached hydrogens (tertiary/aromatic N) is 2. The molecule has 90 valence electrons. The van der Waals surface area contributed by atoms with E-state index in [1.54, 1.807) is 7.11 Å². The highest BCUT2D eigenvalue weighted by Gasteiger charge is 2.01. The van der Waals surface area contributed by atoms with E-state index in [0.717, 1.165) is 31.9 Å². The lowest BCUT2D eigenvalue weighted by atomic mass is 10.3. The van der Waals surface area contributed by atoms with Gasteiger partial charge in [-0.15, -0.1) is 0 Å². The molecule has 0 saturated carbocycles. The maximum atomic E-state index is 5.04. The first-order valence-electron chi connectivity index (χ1n) is 5.68. The molecule has 4 heteroatoms. The Morgan fingerprint density at radius 2 is 2.31 bits per heavy atom. The molecule has 1 heterocycles. The van der Waals surface area contributed by atoms with Crippen LogP contribution < -0.4 is 10.2 Å². The van der Waals surface area contributed by atoms with E-state index in [1.807, 2.05) is 12.3 Å². The fourth-order valence-electron chi connectivity index (χ4n) is 1.51. The summed E-state index contributed by atoms with van der Waals surface area (Å²) in [5.41, 5.74) is 1.18. The van der Waals surface area contributed by atoms with Crippen molar-refractivity contribution in [2.24, 2.45) is 0 Å². The van der Waals surface area contributed by atoms with Crippen LogP contribution in [0.25, 0.3) is 0 Å². The van der Waals surface area contributed by atoms with Crippen molar-refractivity contribution in [3.05, 3.63) is 18.3 Å². The average Bonchev–Trinajstić information content (AvgIpc) is 2.30. The lowest BCUT2D eigenvalue weighted by Gasteiger charge is -2.19. The third kappa shape index (κ3) is 4.06. The fourth-order valence-corrected chi connectivity index (χ4v) is 1.51. The predicted octanol–water partition coefficient (Wildman–Crippen LogP) is 1.99. The van der Waals surface area contributed by atoms with Crippen LogP contribution in [0.5, 0.6) is 0 Å². The third-order valence-electron chi connectivity index (χ3n) is 2.38. The predicted molar refractivity (Wildman–Crippen MR) is 68.2 cm³/mol. The molecule has 1 N–H and O–H groups in total. The SMILES string of the molecule is CCNc1cc(N(C)CCCOC)ccn1. The Hall–Kier alpha value is -1.29. The van der Waals surface area contributed by atoms with Crippen LogP contribution in [0, 0.1) is 0 Å². The average molecular weight is 223 g/mol. The molecule has 0 aliphatic heterocycles. The van der Waals surface area contributed by atoms with Crippen molar-refractivity contribution in [3.63, 3.8) is 0 Å². The molecule has 0 radical (unpaired) electrons. The Morgan fingerprint density at radius 3 is 3.00 bits per heavy atom. The lowest BCUT2D eigenvalue weighted by molar-refractivity contribution is 0.196. The standard InChI is InChI=1S/C12H21N3O/c1-4-13-12-10-11(6-7-14-12)15(2)8-5-9-16-3/h6-7,10H,4-5,8-9H2,1-3H3,(H,13,14).